The fraction of sp³-hybridized carbons (Fsp3) is 0.0877. The Hall–Kier alpha value is -6.51. The van der Waals surface area contributed by atoms with Crippen molar-refractivity contribution in [1.82, 2.24) is 0 Å². The van der Waals surface area contributed by atoms with Gasteiger partial charge in [0.25, 0.3) is 0 Å². The third kappa shape index (κ3) is 6.34. The van der Waals surface area contributed by atoms with Gasteiger partial charge in [0.1, 0.15) is 8.07 Å². The monoisotopic (exact) mass is 848 g/mol. The number of hydrogen-bond donors (Lipinski definition) is 0. The Morgan fingerprint density at radius 3 is 1.81 bits per heavy atom. The lowest BCUT2D eigenvalue weighted by atomic mass is 9.94. The smallest absolute Gasteiger partial charge is 0.113 e. The molecule has 5 heteroatoms. The van der Waals surface area contributed by atoms with Crippen molar-refractivity contribution in [3.05, 3.63) is 200 Å². The molecule has 0 N–H and O–H groups in total. The molecule has 0 radical (unpaired) electrons. The van der Waals surface area contributed by atoms with E-state index in [9.17, 15) is 0 Å². The van der Waals surface area contributed by atoms with Crippen molar-refractivity contribution >= 4 is 108 Å². The normalized spacial score (nSPS) is 13.0. The van der Waals surface area contributed by atoms with Gasteiger partial charge in [-0.1, -0.05) is 165 Å². The van der Waals surface area contributed by atoms with E-state index >= 15 is 0 Å². The lowest BCUT2D eigenvalue weighted by Gasteiger charge is -2.37. The quantitative estimate of drug-likeness (QED) is 0.141. The molecule has 2 heterocycles. The summed E-state index contributed by atoms with van der Waals surface area (Å²) in [5.41, 5.74) is 12.1. The van der Waals surface area contributed by atoms with Gasteiger partial charge in [-0.2, -0.15) is 0 Å². The fourth-order valence-corrected chi connectivity index (χ4v) is 15.2. The summed E-state index contributed by atoms with van der Waals surface area (Å²) >= 11 is 1.87. The van der Waals surface area contributed by atoms with Crippen LogP contribution >= 0.6 is 11.3 Å². The topological polar surface area (TPSA) is 6.48 Å². The van der Waals surface area contributed by atoms with E-state index in [2.05, 4.69) is 243 Å². The SMILES string of the molecule is C[Si](C)(C)c1ccc(N(c2ccccc2)c2ccc3c(c2)[Si](C)(C)c2cccc4c(N(c5ccc6sc7ccccc7c6c5)c5ccccc5-c5ccccc5)ccc-3c24)cc1. The van der Waals surface area contributed by atoms with Crippen LogP contribution in [0.3, 0.4) is 0 Å². The van der Waals surface area contributed by atoms with Gasteiger partial charge in [-0.15, -0.1) is 11.3 Å². The number of benzene rings is 9. The summed E-state index contributed by atoms with van der Waals surface area (Å²) in [5, 5.41) is 9.69. The molecule has 1 aromatic heterocycles. The highest BCUT2D eigenvalue weighted by Crippen LogP contribution is 2.48. The summed E-state index contributed by atoms with van der Waals surface area (Å²) in [4.78, 5) is 4.96. The van der Waals surface area contributed by atoms with Crippen LogP contribution in [0.2, 0.25) is 32.7 Å². The fourth-order valence-electron chi connectivity index (χ4n) is 9.83. The van der Waals surface area contributed by atoms with Crippen molar-refractivity contribution in [3.8, 4) is 22.3 Å². The number of nitrogens with zero attached hydrogens (tertiary/aromatic N) is 2. The Morgan fingerprint density at radius 1 is 0.403 bits per heavy atom. The second kappa shape index (κ2) is 14.8. The highest BCUT2D eigenvalue weighted by molar-refractivity contribution is 7.25. The molecule has 0 saturated carbocycles. The van der Waals surface area contributed by atoms with Gasteiger partial charge in [-0.3, -0.25) is 0 Å². The van der Waals surface area contributed by atoms with Gasteiger partial charge in [0.2, 0.25) is 0 Å². The van der Waals surface area contributed by atoms with Gasteiger partial charge in [-0.05, 0) is 105 Å². The highest BCUT2D eigenvalue weighted by atomic mass is 32.1. The van der Waals surface area contributed by atoms with Crippen LogP contribution in [0.5, 0.6) is 0 Å². The Balaban J connectivity index is 1.11. The minimum absolute atomic E-state index is 1.15. The maximum absolute atomic E-state index is 2.55. The lowest BCUT2D eigenvalue weighted by molar-refractivity contribution is 1.29. The number of fused-ring (bicyclic) bond motifs is 5. The van der Waals surface area contributed by atoms with E-state index in [0.717, 1.165) is 11.4 Å². The molecule has 9 aromatic carbocycles. The average molecular weight is 849 g/mol. The highest BCUT2D eigenvalue weighted by Gasteiger charge is 2.37. The minimum atomic E-state index is -2.25. The molecule has 62 heavy (non-hydrogen) atoms. The Morgan fingerprint density at radius 2 is 1.02 bits per heavy atom. The summed E-state index contributed by atoms with van der Waals surface area (Å²) in [5.74, 6) is 0. The van der Waals surface area contributed by atoms with Crippen molar-refractivity contribution in [3.63, 3.8) is 0 Å². The van der Waals surface area contributed by atoms with Crippen LogP contribution in [-0.2, 0) is 0 Å². The van der Waals surface area contributed by atoms with Gasteiger partial charge in [0, 0.05) is 53.9 Å². The summed E-state index contributed by atoms with van der Waals surface area (Å²) in [6.45, 7) is 12.4. The molecule has 0 fully saturated rings. The van der Waals surface area contributed by atoms with E-state index in [0.29, 0.717) is 0 Å². The van der Waals surface area contributed by atoms with E-state index in [-0.39, 0.29) is 0 Å². The molecule has 0 unspecified atom stereocenters. The molecule has 0 bridgehead atoms. The first-order valence-electron chi connectivity index (χ1n) is 21.7. The molecule has 1 aliphatic heterocycles. The average Bonchev–Trinajstić information content (AvgIpc) is 3.68. The molecule has 10 aromatic rings. The molecular formula is C57H48N2SSi2. The molecule has 11 rings (SSSR count). The van der Waals surface area contributed by atoms with E-state index in [1.807, 2.05) is 11.3 Å². The maximum atomic E-state index is 2.55. The Bertz CT molecular complexity index is 3310. The second-order valence-corrected chi connectivity index (χ2v) is 28.7. The van der Waals surface area contributed by atoms with E-state index in [4.69, 9.17) is 0 Å². The van der Waals surface area contributed by atoms with Gasteiger partial charge in [0.05, 0.1) is 19.4 Å². The zero-order valence-electron chi connectivity index (χ0n) is 35.9. The van der Waals surface area contributed by atoms with Crippen LogP contribution in [0.15, 0.2) is 200 Å². The second-order valence-electron chi connectivity index (χ2n) is 18.2. The van der Waals surface area contributed by atoms with Gasteiger partial charge in [0.15, 0.2) is 0 Å². The molecular weight excluding hydrogens is 801 g/mol. The van der Waals surface area contributed by atoms with Gasteiger partial charge < -0.3 is 9.80 Å². The molecule has 1 aliphatic rings. The van der Waals surface area contributed by atoms with Crippen molar-refractivity contribution < 1.29 is 0 Å². The number of thiophene rings is 1. The van der Waals surface area contributed by atoms with Crippen molar-refractivity contribution in [2.45, 2.75) is 32.7 Å². The van der Waals surface area contributed by atoms with Crippen molar-refractivity contribution in [2.75, 3.05) is 9.80 Å². The van der Waals surface area contributed by atoms with Crippen LogP contribution in [-0.4, -0.2) is 16.1 Å². The first-order valence-corrected chi connectivity index (χ1v) is 29.0. The minimum Gasteiger partial charge on any atom is -0.311 e. The molecule has 0 spiro atoms. The standard InChI is InChI=1S/C57H48N2SSi2/c1-61(2,3)44-31-27-41(28-32-44)58(40-19-10-7-11-20-40)43-29-33-47-48-34-35-52(49-23-16-26-55(57(48)49)62(4,5)56(47)38-43)59(51-24-14-12-21-45(51)39-17-8-6-9-18-39)42-30-36-54-50(37-42)46-22-13-15-25-53(46)60-54/h6-38H,1-5H3. The zero-order valence-corrected chi connectivity index (χ0v) is 38.7. The van der Waals surface area contributed by atoms with Crippen molar-refractivity contribution in [2.24, 2.45) is 0 Å². The van der Waals surface area contributed by atoms with Crippen molar-refractivity contribution in [1.29, 1.82) is 0 Å². The van der Waals surface area contributed by atoms with Crippen LogP contribution in [0.1, 0.15) is 0 Å². The first kappa shape index (κ1) is 38.4. The lowest BCUT2D eigenvalue weighted by Crippen LogP contribution is -2.56. The Labute approximate surface area is 371 Å². The molecule has 2 nitrogen and oxygen atoms in total. The molecule has 300 valence electrons. The number of anilines is 6. The van der Waals surface area contributed by atoms with Gasteiger partial charge in [-0.25, -0.2) is 0 Å². The summed E-state index contributed by atoms with van der Waals surface area (Å²) in [7, 11) is -3.70. The number of hydrogen-bond acceptors (Lipinski definition) is 3. The predicted molar refractivity (Wildman–Crippen MR) is 277 cm³/mol. The van der Waals surface area contributed by atoms with Crippen LogP contribution in [0.4, 0.5) is 34.1 Å². The van der Waals surface area contributed by atoms with Gasteiger partial charge >= 0.3 is 0 Å². The van der Waals surface area contributed by atoms with Crippen LogP contribution in [0, 0.1) is 0 Å². The molecule has 0 amide bonds. The zero-order chi connectivity index (χ0) is 42.2. The summed E-state index contributed by atoms with van der Waals surface area (Å²) < 4.78 is 2.62. The van der Waals surface area contributed by atoms with E-state index in [1.165, 1.54) is 91.5 Å². The third-order valence-electron chi connectivity index (χ3n) is 13.0. The number of rotatable bonds is 8. The predicted octanol–water partition coefficient (Wildman–Crippen LogP) is 15.2. The molecule has 0 atom stereocenters. The van der Waals surface area contributed by atoms with E-state index in [1.54, 1.807) is 0 Å². The molecule has 0 aliphatic carbocycles. The number of para-hydroxylation sites is 2. The Kier molecular flexibility index (Phi) is 9.20. The van der Waals surface area contributed by atoms with E-state index < -0.39 is 16.1 Å². The molecule has 0 saturated heterocycles. The third-order valence-corrected chi connectivity index (χ3v) is 19.8. The maximum Gasteiger partial charge on any atom is 0.113 e. The van der Waals surface area contributed by atoms with Crippen LogP contribution in [0.25, 0.3) is 53.2 Å². The summed E-state index contributed by atoms with van der Waals surface area (Å²) in [6, 6.07) is 75.0. The largest absolute Gasteiger partial charge is 0.311 e. The van der Waals surface area contributed by atoms with Crippen LogP contribution < -0.4 is 25.4 Å². The first-order chi connectivity index (χ1) is 30.1. The summed E-state index contributed by atoms with van der Waals surface area (Å²) in [6.07, 6.45) is 0.